The van der Waals surface area contributed by atoms with E-state index in [4.69, 9.17) is 0 Å². The number of likely N-dealkylation sites (tertiary alicyclic amines) is 1. The van der Waals surface area contributed by atoms with Gasteiger partial charge < -0.3 is 4.90 Å². The van der Waals surface area contributed by atoms with E-state index in [1.807, 2.05) is 18.2 Å². The van der Waals surface area contributed by atoms with Crippen LogP contribution in [0.1, 0.15) is 36.8 Å². The highest BCUT2D eigenvalue weighted by molar-refractivity contribution is 5.78. The predicted octanol–water partition coefficient (Wildman–Crippen LogP) is 4.56. The van der Waals surface area contributed by atoms with E-state index in [-0.39, 0.29) is 0 Å². The van der Waals surface area contributed by atoms with Crippen molar-refractivity contribution in [1.82, 2.24) is 4.90 Å². The van der Waals surface area contributed by atoms with Crippen molar-refractivity contribution in [3.63, 3.8) is 0 Å². The summed E-state index contributed by atoms with van der Waals surface area (Å²) in [5, 5.41) is 0. The van der Waals surface area contributed by atoms with Crippen molar-refractivity contribution >= 4 is 11.5 Å². The van der Waals surface area contributed by atoms with Gasteiger partial charge in [-0.1, -0.05) is 42.5 Å². The van der Waals surface area contributed by atoms with Crippen LogP contribution in [-0.2, 0) is 17.8 Å². The smallest absolute Gasteiger partial charge is 0.133 e. The van der Waals surface area contributed by atoms with E-state index in [1.54, 1.807) is 0 Å². The summed E-state index contributed by atoms with van der Waals surface area (Å²) in [4.78, 5) is 17.1. The molecule has 1 aliphatic heterocycles. The molecule has 3 heteroatoms. The van der Waals surface area contributed by atoms with Crippen LogP contribution >= 0.6 is 0 Å². The second-order valence-corrected chi connectivity index (χ2v) is 8.03. The number of piperidine rings is 1. The van der Waals surface area contributed by atoms with Gasteiger partial charge in [0.2, 0.25) is 0 Å². The summed E-state index contributed by atoms with van der Waals surface area (Å²) in [6, 6.07) is 19.2. The van der Waals surface area contributed by atoms with Crippen LogP contribution in [0.5, 0.6) is 0 Å². The fraction of sp³-hybridized carbons (Fsp3) is 0.458. The van der Waals surface area contributed by atoms with Gasteiger partial charge in [0.15, 0.2) is 0 Å². The molecule has 27 heavy (non-hydrogen) atoms. The summed E-state index contributed by atoms with van der Waals surface area (Å²) >= 11 is 0. The van der Waals surface area contributed by atoms with Crippen LogP contribution in [0, 0.1) is 5.92 Å². The van der Waals surface area contributed by atoms with Gasteiger partial charge in [-0.25, -0.2) is 0 Å². The molecule has 1 heterocycles. The summed E-state index contributed by atoms with van der Waals surface area (Å²) in [5.74, 6) is 0.934. The Labute approximate surface area is 164 Å². The Kier molecular flexibility index (Phi) is 7.05. The molecule has 144 valence electrons. The molecule has 1 fully saturated rings. The zero-order valence-corrected chi connectivity index (χ0v) is 16.7. The fourth-order valence-electron chi connectivity index (χ4n) is 3.97. The van der Waals surface area contributed by atoms with Crippen molar-refractivity contribution < 1.29 is 4.79 Å². The number of rotatable bonds is 8. The number of aryl methyl sites for hydroxylation is 1. The maximum absolute atomic E-state index is 12.4. The van der Waals surface area contributed by atoms with Gasteiger partial charge >= 0.3 is 0 Å². The van der Waals surface area contributed by atoms with E-state index < -0.39 is 0 Å². The Hall–Kier alpha value is -2.13. The lowest BCUT2D eigenvalue weighted by molar-refractivity contribution is -0.120. The first-order chi connectivity index (χ1) is 13.1. The van der Waals surface area contributed by atoms with Crippen molar-refractivity contribution in [2.45, 2.75) is 38.6 Å². The first-order valence-electron chi connectivity index (χ1n) is 10.1. The van der Waals surface area contributed by atoms with Gasteiger partial charge in [0, 0.05) is 45.7 Å². The van der Waals surface area contributed by atoms with Crippen LogP contribution in [0.2, 0.25) is 0 Å². The Bertz CT molecular complexity index is 709. The Morgan fingerprint density at radius 3 is 2.48 bits per heavy atom. The monoisotopic (exact) mass is 364 g/mol. The normalized spacial score (nSPS) is 17.6. The van der Waals surface area contributed by atoms with Crippen molar-refractivity contribution in [2.24, 2.45) is 5.92 Å². The van der Waals surface area contributed by atoms with Crippen molar-refractivity contribution in [3.8, 4) is 0 Å². The SMILES string of the molecule is CN(C)c1ccc(CN2CCCC(CC(=O)CCc3ccccc3)C2)cc1. The molecule has 0 spiro atoms. The molecule has 0 amide bonds. The van der Waals surface area contributed by atoms with Crippen molar-refractivity contribution in [3.05, 3.63) is 65.7 Å². The minimum atomic E-state index is 0.418. The van der Waals surface area contributed by atoms with E-state index in [2.05, 4.69) is 60.3 Å². The van der Waals surface area contributed by atoms with Crippen LogP contribution in [0.4, 0.5) is 5.69 Å². The van der Waals surface area contributed by atoms with Crippen LogP contribution < -0.4 is 4.90 Å². The van der Waals surface area contributed by atoms with Gasteiger partial charge in [0.25, 0.3) is 0 Å². The standard InChI is InChI=1S/C24H32N2O/c1-25(2)23-13-10-21(11-14-23)18-26-16-6-9-22(19-26)17-24(27)15-12-20-7-4-3-5-8-20/h3-5,7-8,10-11,13-14,22H,6,9,12,15-19H2,1-2H3. The lowest BCUT2D eigenvalue weighted by atomic mass is 9.91. The van der Waals surface area contributed by atoms with Crippen molar-refractivity contribution in [2.75, 3.05) is 32.1 Å². The lowest BCUT2D eigenvalue weighted by Crippen LogP contribution is -2.35. The molecule has 1 unspecified atom stereocenters. The molecule has 0 aliphatic carbocycles. The van der Waals surface area contributed by atoms with Crippen LogP contribution in [0.3, 0.4) is 0 Å². The van der Waals surface area contributed by atoms with Crippen LogP contribution in [-0.4, -0.2) is 37.9 Å². The minimum Gasteiger partial charge on any atom is -0.378 e. The van der Waals surface area contributed by atoms with E-state index in [9.17, 15) is 4.79 Å². The summed E-state index contributed by atoms with van der Waals surface area (Å²) in [6.45, 7) is 3.18. The maximum atomic E-state index is 12.4. The number of carbonyl (C=O) groups is 1. The number of anilines is 1. The Morgan fingerprint density at radius 1 is 1.04 bits per heavy atom. The van der Waals surface area contributed by atoms with Gasteiger partial charge in [-0.3, -0.25) is 9.69 Å². The number of ketones is 1. The second-order valence-electron chi connectivity index (χ2n) is 8.03. The highest BCUT2D eigenvalue weighted by Crippen LogP contribution is 2.23. The molecule has 2 aromatic carbocycles. The summed E-state index contributed by atoms with van der Waals surface area (Å²) in [5.41, 5.74) is 3.85. The third kappa shape index (κ3) is 6.21. The molecule has 1 saturated heterocycles. The quantitative estimate of drug-likeness (QED) is 0.686. The average molecular weight is 365 g/mol. The average Bonchev–Trinajstić information content (AvgIpc) is 2.68. The Morgan fingerprint density at radius 2 is 1.78 bits per heavy atom. The van der Waals surface area contributed by atoms with E-state index in [0.29, 0.717) is 18.1 Å². The fourth-order valence-corrected chi connectivity index (χ4v) is 3.97. The van der Waals surface area contributed by atoms with Crippen molar-refractivity contribution in [1.29, 1.82) is 0 Å². The molecule has 3 nitrogen and oxygen atoms in total. The highest BCUT2D eigenvalue weighted by atomic mass is 16.1. The van der Waals surface area contributed by atoms with Gasteiger partial charge in [-0.2, -0.15) is 0 Å². The minimum absolute atomic E-state index is 0.418. The summed E-state index contributed by atoms with van der Waals surface area (Å²) < 4.78 is 0. The first-order valence-corrected chi connectivity index (χ1v) is 10.1. The summed E-state index contributed by atoms with van der Waals surface area (Å²) in [6.07, 6.45) is 4.67. The molecule has 0 aromatic heterocycles. The Balaban J connectivity index is 1.45. The third-order valence-corrected chi connectivity index (χ3v) is 5.51. The maximum Gasteiger partial charge on any atom is 0.133 e. The molecule has 0 N–H and O–H groups in total. The topological polar surface area (TPSA) is 23.6 Å². The molecular weight excluding hydrogens is 332 g/mol. The number of hydrogen-bond donors (Lipinski definition) is 0. The van der Waals surface area contributed by atoms with Gasteiger partial charge in [0.1, 0.15) is 5.78 Å². The number of carbonyl (C=O) groups excluding carboxylic acids is 1. The largest absolute Gasteiger partial charge is 0.378 e. The molecule has 3 rings (SSSR count). The number of hydrogen-bond acceptors (Lipinski definition) is 3. The number of nitrogens with zero attached hydrogens (tertiary/aromatic N) is 2. The molecular formula is C24H32N2O. The van der Waals surface area contributed by atoms with E-state index in [0.717, 1.165) is 32.5 Å². The molecule has 1 atom stereocenters. The van der Waals surface area contributed by atoms with Crippen LogP contribution in [0.15, 0.2) is 54.6 Å². The summed E-state index contributed by atoms with van der Waals surface area (Å²) in [7, 11) is 4.14. The zero-order chi connectivity index (χ0) is 19.1. The lowest BCUT2D eigenvalue weighted by Gasteiger charge is -2.32. The van der Waals surface area contributed by atoms with Gasteiger partial charge in [-0.05, 0) is 55.0 Å². The van der Waals surface area contributed by atoms with Crippen LogP contribution in [0.25, 0.3) is 0 Å². The number of benzene rings is 2. The molecule has 2 aromatic rings. The zero-order valence-electron chi connectivity index (χ0n) is 16.7. The third-order valence-electron chi connectivity index (χ3n) is 5.51. The highest BCUT2D eigenvalue weighted by Gasteiger charge is 2.22. The molecule has 0 saturated carbocycles. The molecule has 1 aliphatic rings. The van der Waals surface area contributed by atoms with Gasteiger partial charge in [-0.15, -0.1) is 0 Å². The second kappa shape index (κ2) is 9.70. The number of Topliss-reactive ketones (excluding diaryl/α,β-unsaturated/α-hetero) is 1. The predicted molar refractivity (Wildman–Crippen MR) is 113 cm³/mol. The van der Waals surface area contributed by atoms with E-state index >= 15 is 0 Å². The molecule has 0 bridgehead atoms. The molecule has 0 radical (unpaired) electrons. The first kappa shape index (κ1) is 19.6. The van der Waals surface area contributed by atoms with Gasteiger partial charge in [0.05, 0.1) is 0 Å². The van der Waals surface area contributed by atoms with E-state index in [1.165, 1.54) is 29.7 Å².